The molecule has 2 aromatic rings. The largest absolute Gasteiger partial charge is 0.356 e. The topological polar surface area (TPSA) is 69.8 Å². The molecule has 0 amide bonds. The summed E-state index contributed by atoms with van der Waals surface area (Å²) in [6, 6.07) is 10.7. The average molecular weight is 356 g/mol. The van der Waals surface area contributed by atoms with Gasteiger partial charge >= 0.3 is 0 Å². The maximum atomic E-state index is 5.14. The van der Waals surface area contributed by atoms with Gasteiger partial charge in [0.2, 0.25) is 5.89 Å². The number of benzene rings is 1. The van der Waals surface area contributed by atoms with Crippen LogP contribution in [0, 0.1) is 6.92 Å². The SMILES string of the molecule is CN=C(NCCCc1nc(C)no1)N1CCN(Cc2ccccc2)CC1. The number of aryl methyl sites for hydroxylation is 2. The van der Waals surface area contributed by atoms with Crippen molar-refractivity contribution < 1.29 is 4.52 Å². The maximum absolute atomic E-state index is 5.14. The first-order valence-corrected chi connectivity index (χ1v) is 9.25. The van der Waals surface area contributed by atoms with Crippen LogP contribution >= 0.6 is 0 Å². The zero-order valence-corrected chi connectivity index (χ0v) is 15.7. The minimum Gasteiger partial charge on any atom is -0.356 e. The summed E-state index contributed by atoms with van der Waals surface area (Å²) in [4.78, 5) is 13.5. The molecule has 26 heavy (non-hydrogen) atoms. The summed E-state index contributed by atoms with van der Waals surface area (Å²) in [5.41, 5.74) is 1.37. The zero-order chi connectivity index (χ0) is 18.2. The van der Waals surface area contributed by atoms with Crippen molar-refractivity contribution in [2.75, 3.05) is 39.8 Å². The Morgan fingerprint density at radius 3 is 2.62 bits per heavy atom. The number of rotatable bonds is 6. The van der Waals surface area contributed by atoms with Crippen LogP contribution in [0.2, 0.25) is 0 Å². The van der Waals surface area contributed by atoms with Crippen molar-refractivity contribution in [3.63, 3.8) is 0 Å². The Bertz CT molecular complexity index is 691. The van der Waals surface area contributed by atoms with Crippen LogP contribution < -0.4 is 5.32 Å². The molecule has 1 aromatic heterocycles. The van der Waals surface area contributed by atoms with E-state index in [4.69, 9.17) is 4.52 Å². The van der Waals surface area contributed by atoms with Crippen molar-refractivity contribution >= 4 is 5.96 Å². The summed E-state index contributed by atoms with van der Waals surface area (Å²) < 4.78 is 5.14. The molecule has 0 unspecified atom stereocenters. The first kappa shape index (κ1) is 18.4. The second-order valence-electron chi connectivity index (χ2n) is 6.56. The van der Waals surface area contributed by atoms with Gasteiger partial charge in [0.05, 0.1) is 0 Å². The van der Waals surface area contributed by atoms with Crippen LogP contribution in [0.4, 0.5) is 0 Å². The molecule has 2 heterocycles. The molecule has 1 aliphatic heterocycles. The second kappa shape index (κ2) is 9.33. The van der Waals surface area contributed by atoms with Gasteiger partial charge in [-0.05, 0) is 18.9 Å². The molecular formula is C19H28N6O. The fourth-order valence-electron chi connectivity index (χ4n) is 3.17. The summed E-state index contributed by atoms with van der Waals surface area (Å²) in [6.45, 7) is 7.80. The highest BCUT2D eigenvalue weighted by Gasteiger charge is 2.19. The average Bonchev–Trinajstić information content (AvgIpc) is 3.09. The monoisotopic (exact) mass is 356 g/mol. The van der Waals surface area contributed by atoms with Crippen molar-refractivity contribution in [2.45, 2.75) is 26.3 Å². The minimum absolute atomic E-state index is 0.692. The molecule has 0 aliphatic carbocycles. The lowest BCUT2D eigenvalue weighted by molar-refractivity contribution is 0.172. The molecular weight excluding hydrogens is 328 g/mol. The fourth-order valence-corrected chi connectivity index (χ4v) is 3.17. The lowest BCUT2D eigenvalue weighted by Gasteiger charge is -2.36. The van der Waals surface area contributed by atoms with E-state index >= 15 is 0 Å². The van der Waals surface area contributed by atoms with Crippen LogP contribution in [0.5, 0.6) is 0 Å². The van der Waals surface area contributed by atoms with Gasteiger partial charge in [0, 0.05) is 52.7 Å². The van der Waals surface area contributed by atoms with Crippen LogP contribution in [-0.4, -0.2) is 65.7 Å². The van der Waals surface area contributed by atoms with Gasteiger partial charge in [0.1, 0.15) is 0 Å². The first-order chi connectivity index (χ1) is 12.7. The quantitative estimate of drug-likeness (QED) is 0.483. The molecule has 0 bridgehead atoms. The second-order valence-corrected chi connectivity index (χ2v) is 6.56. The third-order valence-electron chi connectivity index (χ3n) is 4.55. The van der Waals surface area contributed by atoms with Crippen molar-refractivity contribution in [3.8, 4) is 0 Å². The summed E-state index contributed by atoms with van der Waals surface area (Å²) in [5, 5.41) is 7.26. The number of nitrogens with zero attached hydrogens (tertiary/aromatic N) is 5. The molecule has 140 valence electrons. The minimum atomic E-state index is 0.692. The van der Waals surface area contributed by atoms with Gasteiger partial charge in [0.15, 0.2) is 11.8 Å². The number of hydrogen-bond donors (Lipinski definition) is 1. The Morgan fingerprint density at radius 1 is 1.19 bits per heavy atom. The molecule has 0 saturated carbocycles. The predicted molar refractivity (Wildman–Crippen MR) is 102 cm³/mol. The van der Waals surface area contributed by atoms with E-state index in [1.54, 1.807) is 0 Å². The molecule has 1 N–H and O–H groups in total. The third kappa shape index (κ3) is 5.29. The van der Waals surface area contributed by atoms with Gasteiger partial charge in [-0.25, -0.2) is 0 Å². The van der Waals surface area contributed by atoms with Crippen molar-refractivity contribution in [1.29, 1.82) is 0 Å². The highest BCUT2D eigenvalue weighted by molar-refractivity contribution is 5.79. The molecule has 1 aliphatic rings. The Morgan fingerprint density at radius 2 is 1.96 bits per heavy atom. The molecule has 0 atom stereocenters. The molecule has 1 aromatic carbocycles. The lowest BCUT2D eigenvalue weighted by atomic mass is 10.2. The standard InChI is InChI=1S/C19H28N6O/c1-16-22-18(26-23-16)9-6-10-21-19(20-2)25-13-11-24(12-14-25)15-17-7-4-3-5-8-17/h3-5,7-8H,6,9-15H2,1-2H3,(H,20,21). The highest BCUT2D eigenvalue weighted by atomic mass is 16.5. The summed E-state index contributed by atoms with van der Waals surface area (Å²) in [7, 11) is 1.85. The number of aliphatic imine (C=N–C) groups is 1. The van der Waals surface area contributed by atoms with E-state index in [1.807, 2.05) is 14.0 Å². The normalized spacial score (nSPS) is 16.1. The van der Waals surface area contributed by atoms with Gasteiger partial charge in [0.25, 0.3) is 0 Å². The van der Waals surface area contributed by atoms with Crippen LogP contribution in [0.3, 0.4) is 0 Å². The summed E-state index contributed by atoms with van der Waals surface area (Å²) in [6.07, 6.45) is 1.73. The van der Waals surface area contributed by atoms with E-state index in [2.05, 4.69) is 60.6 Å². The van der Waals surface area contributed by atoms with Gasteiger partial charge in [-0.2, -0.15) is 4.98 Å². The lowest BCUT2D eigenvalue weighted by Crippen LogP contribution is -2.52. The van der Waals surface area contributed by atoms with E-state index in [0.717, 1.165) is 58.1 Å². The number of nitrogens with one attached hydrogen (secondary N) is 1. The Balaban J connectivity index is 1.38. The van der Waals surface area contributed by atoms with Gasteiger partial charge < -0.3 is 14.7 Å². The van der Waals surface area contributed by atoms with Crippen molar-refractivity contribution in [3.05, 3.63) is 47.6 Å². The Labute approximate surface area is 155 Å². The predicted octanol–water partition coefficient (Wildman–Crippen LogP) is 1.70. The van der Waals surface area contributed by atoms with E-state index in [-0.39, 0.29) is 0 Å². The Kier molecular flexibility index (Phi) is 6.60. The highest BCUT2D eigenvalue weighted by Crippen LogP contribution is 2.08. The van der Waals surface area contributed by atoms with Gasteiger partial charge in [-0.1, -0.05) is 35.5 Å². The molecule has 1 fully saturated rings. The van der Waals surface area contributed by atoms with Crippen molar-refractivity contribution in [1.82, 2.24) is 25.3 Å². The van der Waals surface area contributed by atoms with E-state index in [9.17, 15) is 0 Å². The molecule has 0 spiro atoms. The number of guanidine groups is 1. The summed E-state index contributed by atoms with van der Waals surface area (Å²) >= 11 is 0. The van der Waals surface area contributed by atoms with Crippen LogP contribution in [0.25, 0.3) is 0 Å². The zero-order valence-electron chi connectivity index (χ0n) is 15.7. The first-order valence-electron chi connectivity index (χ1n) is 9.25. The Hall–Kier alpha value is -2.41. The molecule has 0 radical (unpaired) electrons. The molecule has 3 rings (SSSR count). The van der Waals surface area contributed by atoms with Gasteiger partial charge in [-0.15, -0.1) is 0 Å². The number of aromatic nitrogens is 2. The van der Waals surface area contributed by atoms with E-state index < -0.39 is 0 Å². The molecule has 7 nitrogen and oxygen atoms in total. The number of piperazine rings is 1. The van der Waals surface area contributed by atoms with Crippen molar-refractivity contribution in [2.24, 2.45) is 4.99 Å². The molecule has 1 saturated heterocycles. The number of hydrogen-bond acceptors (Lipinski definition) is 5. The van der Waals surface area contributed by atoms with E-state index in [0.29, 0.717) is 11.7 Å². The van der Waals surface area contributed by atoms with E-state index in [1.165, 1.54) is 5.56 Å². The van der Waals surface area contributed by atoms with Crippen LogP contribution in [0.1, 0.15) is 23.7 Å². The third-order valence-corrected chi connectivity index (χ3v) is 4.55. The van der Waals surface area contributed by atoms with Gasteiger partial charge in [-0.3, -0.25) is 9.89 Å². The van der Waals surface area contributed by atoms with Crippen LogP contribution in [-0.2, 0) is 13.0 Å². The fraction of sp³-hybridized carbons (Fsp3) is 0.526. The molecule has 7 heteroatoms. The maximum Gasteiger partial charge on any atom is 0.226 e. The smallest absolute Gasteiger partial charge is 0.226 e. The summed E-state index contributed by atoms with van der Waals surface area (Å²) in [5.74, 6) is 2.37. The van der Waals surface area contributed by atoms with Crippen LogP contribution in [0.15, 0.2) is 39.8 Å².